The van der Waals surface area contributed by atoms with Crippen LogP contribution in [0.3, 0.4) is 0 Å². The van der Waals surface area contributed by atoms with Gasteiger partial charge in [0.15, 0.2) is 12.3 Å². The van der Waals surface area contributed by atoms with E-state index in [0.717, 1.165) is 0 Å². The second-order valence-corrected chi connectivity index (χ2v) is 5.00. The summed E-state index contributed by atoms with van der Waals surface area (Å²) in [5, 5.41) is 17.8. The zero-order chi connectivity index (χ0) is 15.3. The molecule has 8 nitrogen and oxygen atoms in total. The molecule has 1 aromatic rings. The molecule has 0 fully saturated rings. The number of nitriles is 1. The minimum Gasteiger partial charge on any atom is -0.456 e. The van der Waals surface area contributed by atoms with Crippen LogP contribution in [0.1, 0.15) is 26.3 Å². The summed E-state index contributed by atoms with van der Waals surface area (Å²) >= 11 is 0. The van der Waals surface area contributed by atoms with Crippen LogP contribution in [0.15, 0.2) is 6.33 Å². The number of carbonyl (C=O) groups is 1. The first-order valence-corrected chi connectivity index (χ1v) is 5.89. The standard InChI is InChI=1S/C12H16N6O2/c1-12(2,3)20-8(19)5-16-11-9(7(14)4-13)10(15)17-6-18-11/h6,14H,5H2,1-3H3,(H3,15,16,17,18)/p+1. The molecule has 0 aliphatic heterocycles. The molecule has 0 atom stereocenters. The Morgan fingerprint density at radius 3 is 2.75 bits per heavy atom. The van der Waals surface area contributed by atoms with Crippen LogP contribution in [0, 0.1) is 16.7 Å². The summed E-state index contributed by atoms with van der Waals surface area (Å²) in [7, 11) is 0. The first kappa shape index (κ1) is 15.5. The lowest BCUT2D eigenvalue weighted by molar-refractivity contribution is -0.565. The van der Waals surface area contributed by atoms with Gasteiger partial charge in [0.05, 0.1) is 0 Å². The number of carbonyl (C=O) groups excluding carboxylic acids is 1. The van der Waals surface area contributed by atoms with Crippen molar-refractivity contribution in [3.8, 4) is 6.07 Å². The maximum absolute atomic E-state index is 11.6. The van der Waals surface area contributed by atoms with E-state index >= 15 is 0 Å². The Kier molecular flexibility index (Phi) is 4.72. The van der Waals surface area contributed by atoms with Crippen LogP contribution in [0.5, 0.6) is 0 Å². The highest BCUT2D eigenvalue weighted by molar-refractivity contribution is 6.14. The van der Waals surface area contributed by atoms with E-state index in [1.165, 1.54) is 11.6 Å². The average Bonchev–Trinajstić information content (AvgIpc) is 2.33. The lowest BCUT2D eigenvalue weighted by Crippen LogP contribution is -2.81. The number of ether oxygens (including phenoxy) is 1. The lowest BCUT2D eigenvalue weighted by atomic mass is 10.2. The van der Waals surface area contributed by atoms with Crippen molar-refractivity contribution < 1.29 is 14.8 Å². The van der Waals surface area contributed by atoms with Crippen molar-refractivity contribution in [2.24, 2.45) is 0 Å². The van der Waals surface area contributed by atoms with Crippen LogP contribution in [0.2, 0.25) is 0 Å². The van der Waals surface area contributed by atoms with Crippen LogP contribution in [-0.4, -0.2) is 33.8 Å². The van der Waals surface area contributed by atoms with Gasteiger partial charge in [0, 0.05) is 0 Å². The highest BCUT2D eigenvalue weighted by atomic mass is 16.6. The number of hydrogen-bond donors (Lipinski definition) is 3. The van der Waals surface area contributed by atoms with Gasteiger partial charge < -0.3 is 10.5 Å². The molecule has 0 aliphatic carbocycles. The summed E-state index contributed by atoms with van der Waals surface area (Å²) in [6, 6.07) is 1.68. The van der Waals surface area contributed by atoms with Crippen LogP contribution < -0.4 is 11.1 Å². The molecule has 0 saturated heterocycles. The quantitative estimate of drug-likeness (QED) is 0.499. The molecule has 1 heterocycles. The molecule has 8 heteroatoms. The third-order valence-corrected chi connectivity index (χ3v) is 2.15. The molecule has 0 aliphatic rings. The van der Waals surface area contributed by atoms with E-state index in [1.54, 1.807) is 26.8 Å². The zero-order valence-electron chi connectivity index (χ0n) is 11.6. The fraction of sp³-hybridized carbons (Fsp3) is 0.417. The third-order valence-electron chi connectivity index (χ3n) is 2.15. The molecular formula is C12H17N6O2+. The summed E-state index contributed by atoms with van der Waals surface area (Å²) in [5.41, 5.74) is 4.83. The fourth-order valence-corrected chi connectivity index (χ4v) is 1.44. The van der Waals surface area contributed by atoms with Crippen LogP contribution in [0.25, 0.3) is 0 Å². The van der Waals surface area contributed by atoms with Gasteiger partial charge in [-0.05, 0) is 20.8 Å². The number of nitrogens with one attached hydrogen (secondary N) is 1. The number of hydrogen-bond acceptors (Lipinski definition) is 7. The maximum atomic E-state index is 11.6. The van der Waals surface area contributed by atoms with E-state index < -0.39 is 11.6 Å². The van der Waals surface area contributed by atoms with Crippen molar-refractivity contribution in [1.82, 2.24) is 9.97 Å². The Balaban J connectivity index is 2.84. The van der Waals surface area contributed by atoms with E-state index in [0.29, 0.717) is 0 Å². The summed E-state index contributed by atoms with van der Waals surface area (Å²) in [4.78, 5) is 19.3. The molecule has 0 unspecified atom stereocenters. The van der Waals surface area contributed by atoms with E-state index in [-0.39, 0.29) is 29.5 Å². The van der Waals surface area contributed by atoms with Crippen LogP contribution in [-0.2, 0) is 9.53 Å². The largest absolute Gasteiger partial charge is 0.456 e. The molecular weight excluding hydrogens is 260 g/mol. The Bertz CT molecular complexity index is 570. The predicted octanol–water partition coefficient (Wildman–Crippen LogP) is -0.513. The monoisotopic (exact) mass is 277 g/mol. The third kappa shape index (κ3) is 4.29. The molecule has 0 aromatic carbocycles. The van der Waals surface area contributed by atoms with E-state index in [1.807, 2.05) is 0 Å². The maximum Gasteiger partial charge on any atom is 0.362 e. The topological polar surface area (TPSA) is 142 Å². The van der Waals surface area contributed by atoms with Crippen molar-refractivity contribution in [3.63, 3.8) is 0 Å². The number of anilines is 1. The number of nitrogens with zero attached hydrogens (tertiary/aromatic N) is 3. The van der Waals surface area contributed by atoms with Gasteiger partial charge in [-0.15, -0.1) is 0 Å². The van der Waals surface area contributed by atoms with Crippen LogP contribution in [0.4, 0.5) is 11.6 Å². The molecule has 5 N–H and O–H groups in total. The van der Waals surface area contributed by atoms with Crippen molar-refractivity contribution in [1.29, 1.82) is 10.7 Å². The number of aromatic nitrogens is 2. The molecule has 106 valence electrons. The van der Waals surface area contributed by atoms with Gasteiger partial charge in [0.1, 0.15) is 29.4 Å². The zero-order valence-corrected chi connectivity index (χ0v) is 11.6. The molecule has 1 rings (SSSR count). The van der Waals surface area contributed by atoms with Gasteiger partial charge in [-0.3, -0.25) is 10.7 Å². The first-order valence-electron chi connectivity index (χ1n) is 5.89. The molecule has 0 amide bonds. The Hall–Kier alpha value is -2.53. The molecule has 0 spiro atoms. The van der Waals surface area contributed by atoms with Gasteiger partial charge in [-0.1, -0.05) is 0 Å². The van der Waals surface area contributed by atoms with Crippen molar-refractivity contribution in [2.75, 3.05) is 12.3 Å². The van der Waals surface area contributed by atoms with Crippen molar-refractivity contribution >= 4 is 23.3 Å². The smallest absolute Gasteiger partial charge is 0.362 e. The van der Waals surface area contributed by atoms with Gasteiger partial charge in [-0.2, -0.15) is 10.2 Å². The average molecular weight is 277 g/mol. The molecule has 0 radical (unpaired) electrons. The molecule has 20 heavy (non-hydrogen) atoms. The Morgan fingerprint density at radius 1 is 1.55 bits per heavy atom. The Morgan fingerprint density at radius 2 is 2.20 bits per heavy atom. The summed E-state index contributed by atoms with van der Waals surface area (Å²) < 4.78 is 5.15. The number of esters is 1. The van der Waals surface area contributed by atoms with Crippen molar-refractivity contribution in [3.05, 3.63) is 11.9 Å². The minimum atomic E-state index is -0.572. The second-order valence-electron chi connectivity index (χ2n) is 5.00. The summed E-state index contributed by atoms with van der Waals surface area (Å²) in [5.74, 6) is -0.124. The molecule has 0 bridgehead atoms. The predicted molar refractivity (Wildman–Crippen MR) is 71.2 cm³/mol. The van der Waals surface area contributed by atoms with E-state index in [2.05, 4.69) is 9.97 Å². The highest BCUT2D eigenvalue weighted by Crippen LogP contribution is 2.13. The summed E-state index contributed by atoms with van der Waals surface area (Å²) in [6.07, 6.45) is 1.21. The first-order chi connectivity index (χ1) is 9.24. The number of quaternary nitrogens is 1. The van der Waals surface area contributed by atoms with Gasteiger partial charge in [0.25, 0.3) is 0 Å². The fourth-order valence-electron chi connectivity index (χ4n) is 1.44. The van der Waals surface area contributed by atoms with Gasteiger partial charge in [0.2, 0.25) is 5.82 Å². The lowest BCUT2D eigenvalue weighted by Gasteiger charge is -2.18. The van der Waals surface area contributed by atoms with Crippen molar-refractivity contribution in [2.45, 2.75) is 26.4 Å². The number of nitrogen functional groups attached to an aromatic ring is 1. The van der Waals surface area contributed by atoms with Crippen LogP contribution >= 0.6 is 0 Å². The Labute approximate surface area is 116 Å². The SMILES string of the molecule is CC(C)(C)OC(=O)C[NH2+]c1ncnc(N)c1C(=N)C#N. The summed E-state index contributed by atoms with van der Waals surface area (Å²) in [6.45, 7) is 5.28. The molecule has 1 aromatic heterocycles. The van der Waals surface area contributed by atoms with Gasteiger partial charge >= 0.3 is 5.97 Å². The molecule has 0 saturated carbocycles. The second kappa shape index (κ2) is 6.08. The number of nitrogens with two attached hydrogens (primary N) is 2. The normalized spacial score (nSPS) is 10.7. The van der Waals surface area contributed by atoms with E-state index in [9.17, 15) is 4.79 Å². The van der Waals surface area contributed by atoms with Gasteiger partial charge in [-0.25, -0.2) is 9.78 Å². The highest BCUT2D eigenvalue weighted by Gasteiger charge is 2.21. The van der Waals surface area contributed by atoms with E-state index in [4.69, 9.17) is 21.1 Å². The minimum absolute atomic E-state index is 0.0283. The number of rotatable bonds is 4.